The number of amides is 1. The Morgan fingerprint density at radius 3 is 2.55 bits per heavy atom. The highest BCUT2D eigenvalue weighted by atomic mass is 16.1. The molecular weight excluding hydrogens is 360 g/mol. The Balaban J connectivity index is 1.60. The maximum Gasteiger partial charge on any atom is 0.224 e. The number of aryl methyl sites for hydroxylation is 1. The van der Waals surface area contributed by atoms with Gasteiger partial charge in [0.25, 0.3) is 0 Å². The lowest BCUT2D eigenvalue weighted by Crippen LogP contribution is -2.40. The van der Waals surface area contributed by atoms with Gasteiger partial charge in [0.05, 0.1) is 0 Å². The number of nitrogens with one attached hydrogen (secondary N) is 1. The van der Waals surface area contributed by atoms with Crippen molar-refractivity contribution >= 4 is 17.4 Å². The van der Waals surface area contributed by atoms with Crippen LogP contribution in [0.2, 0.25) is 0 Å². The summed E-state index contributed by atoms with van der Waals surface area (Å²) >= 11 is 0. The molecular formula is C25H30N2O2. The highest BCUT2D eigenvalue weighted by molar-refractivity contribution is 6.05. The van der Waals surface area contributed by atoms with E-state index in [-0.39, 0.29) is 17.6 Å². The molecule has 4 rings (SSSR count). The second-order valence-corrected chi connectivity index (χ2v) is 8.73. The Morgan fingerprint density at radius 1 is 1.07 bits per heavy atom. The van der Waals surface area contributed by atoms with E-state index in [0.29, 0.717) is 18.9 Å². The second kappa shape index (κ2) is 8.11. The predicted octanol–water partition coefficient (Wildman–Crippen LogP) is 4.54. The first-order valence-electron chi connectivity index (χ1n) is 10.7. The number of anilines is 1. The van der Waals surface area contributed by atoms with E-state index in [0.717, 1.165) is 48.3 Å². The molecule has 0 saturated carbocycles. The van der Waals surface area contributed by atoms with Crippen LogP contribution in [0, 0.1) is 12.8 Å². The zero-order valence-electron chi connectivity index (χ0n) is 17.6. The van der Waals surface area contributed by atoms with E-state index < -0.39 is 0 Å². The number of ketones is 1. The second-order valence-electron chi connectivity index (χ2n) is 8.73. The third-order valence-electron chi connectivity index (χ3n) is 6.42. The van der Waals surface area contributed by atoms with E-state index in [2.05, 4.69) is 61.3 Å². The van der Waals surface area contributed by atoms with Gasteiger partial charge in [0.1, 0.15) is 0 Å². The third kappa shape index (κ3) is 3.99. The van der Waals surface area contributed by atoms with Gasteiger partial charge in [0.2, 0.25) is 5.91 Å². The molecule has 1 N–H and O–H groups in total. The number of hydrogen-bond acceptors (Lipinski definition) is 3. The van der Waals surface area contributed by atoms with Crippen molar-refractivity contribution in [1.82, 2.24) is 4.90 Å². The Kier molecular flexibility index (Phi) is 5.55. The molecule has 0 spiro atoms. The van der Waals surface area contributed by atoms with Crippen LogP contribution < -0.4 is 5.32 Å². The first kappa shape index (κ1) is 19.8. The number of fused-ring (bicyclic) bond motifs is 3. The molecule has 0 bridgehead atoms. The van der Waals surface area contributed by atoms with Gasteiger partial charge < -0.3 is 5.32 Å². The molecule has 1 unspecified atom stereocenters. The lowest BCUT2D eigenvalue weighted by molar-refractivity contribution is -0.116. The van der Waals surface area contributed by atoms with E-state index in [4.69, 9.17) is 0 Å². The summed E-state index contributed by atoms with van der Waals surface area (Å²) in [5, 5.41) is 2.98. The lowest BCUT2D eigenvalue weighted by atomic mass is 9.76. The fourth-order valence-electron chi connectivity index (χ4n) is 4.73. The van der Waals surface area contributed by atoms with Crippen molar-refractivity contribution in [1.29, 1.82) is 0 Å². The molecule has 1 aliphatic carbocycles. The van der Waals surface area contributed by atoms with Crippen LogP contribution in [0.15, 0.2) is 36.4 Å². The van der Waals surface area contributed by atoms with Crippen LogP contribution in [0.3, 0.4) is 0 Å². The molecule has 1 amide bonds. The summed E-state index contributed by atoms with van der Waals surface area (Å²) < 4.78 is 0. The van der Waals surface area contributed by atoms with Gasteiger partial charge in [-0.2, -0.15) is 0 Å². The maximum atomic E-state index is 13.6. The average Bonchev–Trinajstić information content (AvgIpc) is 2.69. The SMILES string of the molecule is Cc1cc2c(c3c1CCC(CN(Cc1ccccc1)C(C)C)C3=O)CCC(=O)N2. The van der Waals surface area contributed by atoms with Gasteiger partial charge in [-0.05, 0) is 68.4 Å². The van der Waals surface area contributed by atoms with Crippen molar-refractivity contribution in [3.63, 3.8) is 0 Å². The molecule has 1 heterocycles. The minimum atomic E-state index is 0.0112. The number of nitrogens with zero attached hydrogens (tertiary/aromatic N) is 1. The van der Waals surface area contributed by atoms with Crippen molar-refractivity contribution < 1.29 is 9.59 Å². The first-order valence-corrected chi connectivity index (χ1v) is 10.7. The van der Waals surface area contributed by atoms with Crippen LogP contribution in [0.4, 0.5) is 5.69 Å². The van der Waals surface area contributed by atoms with Crippen molar-refractivity contribution in [2.75, 3.05) is 11.9 Å². The molecule has 0 fully saturated rings. The smallest absolute Gasteiger partial charge is 0.224 e. The molecule has 4 heteroatoms. The van der Waals surface area contributed by atoms with E-state index in [1.165, 1.54) is 11.1 Å². The monoisotopic (exact) mass is 390 g/mol. The first-order chi connectivity index (χ1) is 13.9. The van der Waals surface area contributed by atoms with Crippen molar-refractivity contribution in [2.45, 2.75) is 59.0 Å². The Labute approximate surface area is 173 Å². The molecule has 0 radical (unpaired) electrons. The summed E-state index contributed by atoms with van der Waals surface area (Å²) in [6.45, 7) is 8.10. The molecule has 0 saturated heterocycles. The summed E-state index contributed by atoms with van der Waals surface area (Å²) in [6.07, 6.45) is 2.97. The molecule has 29 heavy (non-hydrogen) atoms. The largest absolute Gasteiger partial charge is 0.326 e. The third-order valence-corrected chi connectivity index (χ3v) is 6.42. The van der Waals surface area contributed by atoms with E-state index in [1.54, 1.807) is 0 Å². The summed E-state index contributed by atoms with van der Waals surface area (Å²) in [7, 11) is 0. The number of rotatable bonds is 5. The molecule has 2 aliphatic rings. The summed E-state index contributed by atoms with van der Waals surface area (Å²) in [4.78, 5) is 27.8. The molecule has 0 aromatic heterocycles. The van der Waals surface area contributed by atoms with Crippen LogP contribution in [0.5, 0.6) is 0 Å². The lowest BCUT2D eigenvalue weighted by Gasteiger charge is -2.34. The van der Waals surface area contributed by atoms with Gasteiger partial charge in [-0.1, -0.05) is 30.3 Å². The molecule has 2 aromatic carbocycles. The van der Waals surface area contributed by atoms with Gasteiger partial charge in [-0.3, -0.25) is 14.5 Å². The topological polar surface area (TPSA) is 49.4 Å². The zero-order chi connectivity index (χ0) is 20.5. The summed E-state index contributed by atoms with van der Waals surface area (Å²) in [6, 6.07) is 12.9. The van der Waals surface area contributed by atoms with Gasteiger partial charge >= 0.3 is 0 Å². The van der Waals surface area contributed by atoms with Gasteiger partial charge in [0.15, 0.2) is 5.78 Å². The Morgan fingerprint density at radius 2 is 1.83 bits per heavy atom. The zero-order valence-corrected chi connectivity index (χ0v) is 17.6. The number of Topliss-reactive ketones (excluding diaryl/α,β-unsaturated/α-hetero) is 1. The van der Waals surface area contributed by atoms with Crippen molar-refractivity contribution in [3.8, 4) is 0 Å². The van der Waals surface area contributed by atoms with Crippen LogP contribution in [-0.4, -0.2) is 29.2 Å². The number of carbonyl (C=O) groups is 2. The fraction of sp³-hybridized carbons (Fsp3) is 0.440. The van der Waals surface area contributed by atoms with Gasteiger partial charge in [0, 0.05) is 42.7 Å². The van der Waals surface area contributed by atoms with Crippen molar-refractivity contribution in [3.05, 3.63) is 64.2 Å². The maximum absolute atomic E-state index is 13.6. The number of benzene rings is 2. The minimum Gasteiger partial charge on any atom is -0.326 e. The molecule has 4 nitrogen and oxygen atoms in total. The van der Waals surface area contributed by atoms with Crippen LogP contribution in [0.25, 0.3) is 0 Å². The van der Waals surface area contributed by atoms with E-state index in [9.17, 15) is 9.59 Å². The fourth-order valence-corrected chi connectivity index (χ4v) is 4.73. The number of carbonyl (C=O) groups excluding carboxylic acids is 2. The molecule has 152 valence electrons. The van der Waals surface area contributed by atoms with E-state index in [1.807, 2.05) is 6.07 Å². The standard InChI is InChI=1S/C25H30N2O2/c1-16(2)27(14-18-7-5-4-6-8-18)15-19-9-10-20-17(3)13-22-21(24(20)25(19)29)11-12-23(28)26-22/h4-8,13,16,19H,9-12,14-15H2,1-3H3,(H,26,28). The molecule has 1 aliphatic heterocycles. The van der Waals surface area contributed by atoms with Gasteiger partial charge in [-0.25, -0.2) is 0 Å². The molecule has 1 atom stereocenters. The number of hydrogen-bond donors (Lipinski definition) is 1. The van der Waals surface area contributed by atoms with Crippen LogP contribution >= 0.6 is 0 Å². The Hall–Kier alpha value is -2.46. The summed E-state index contributed by atoms with van der Waals surface area (Å²) in [5.41, 5.74) is 6.40. The van der Waals surface area contributed by atoms with Gasteiger partial charge in [-0.15, -0.1) is 0 Å². The highest BCUT2D eigenvalue weighted by Gasteiger charge is 2.34. The minimum absolute atomic E-state index is 0.0112. The quantitative estimate of drug-likeness (QED) is 0.816. The van der Waals surface area contributed by atoms with Crippen LogP contribution in [-0.2, 0) is 24.2 Å². The predicted molar refractivity (Wildman–Crippen MR) is 116 cm³/mol. The Bertz CT molecular complexity index is 934. The van der Waals surface area contributed by atoms with Crippen molar-refractivity contribution in [2.24, 2.45) is 5.92 Å². The molecule has 2 aromatic rings. The normalized spacial score (nSPS) is 18.6. The highest BCUT2D eigenvalue weighted by Crippen LogP contribution is 2.37. The van der Waals surface area contributed by atoms with Crippen LogP contribution in [0.1, 0.15) is 59.3 Å². The summed E-state index contributed by atoms with van der Waals surface area (Å²) in [5.74, 6) is 0.323. The van der Waals surface area contributed by atoms with E-state index >= 15 is 0 Å². The average molecular weight is 391 g/mol.